The van der Waals surface area contributed by atoms with Gasteiger partial charge in [-0.1, -0.05) is 0 Å². The molecule has 1 aliphatic rings. The summed E-state index contributed by atoms with van der Waals surface area (Å²) in [7, 11) is 0. The van der Waals surface area contributed by atoms with Crippen molar-refractivity contribution in [2.75, 3.05) is 19.6 Å². The Kier molecular flexibility index (Phi) is 4.35. The van der Waals surface area contributed by atoms with Crippen LogP contribution in [0.4, 0.5) is 0 Å². The molecule has 1 rings (SSSR count). The van der Waals surface area contributed by atoms with Crippen LogP contribution in [0.3, 0.4) is 0 Å². The Morgan fingerprint density at radius 1 is 1.64 bits per heavy atom. The number of rotatable bonds is 4. The van der Waals surface area contributed by atoms with E-state index in [0.29, 0.717) is 18.6 Å². The number of carbonyl (C=O) groups excluding carboxylic acids is 1. The van der Waals surface area contributed by atoms with Crippen molar-refractivity contribution in [3.05, 3.63) is 0 Å². The fourth-order valence-electron chi connectivity index (χ4n) is 1.89. The van der Waals surface area contributed by atoms with Gasteiger partial charge in [-0.05, 0) is 33.2 Å². The second-order valence-electron chi connectivity index (χ2n) is 4.28. The number of likely N-dealkylation sites (tertiary alicyclic amines) is 1. The highest BCUT2D eigenvalue weighted by Crippen LogP contribution is 2.12. The normalized spacial score (nSPS) is 24.1. The van der Waals surface area contributed by atoms with Crippen LogP contribution in [0.1, 0.15) is 26.7 Å². The number of amides is 1. The van der Waals surface area contributed by atoms with E-state index in [9.17, 15) is 4.79 Å². The predicted octanol–water partition coefficient (Wildman–Crippen LogP) is -0.0659. The first-order valence-corrected chi connectivity index (χ1v) is 5.35. The summed E-state index contributed by atoms with van der Waals surface area (Å²) >= 11 is 0. The Morgan fingerprint density at radius 3 is 2.93 bits per heavy atom. The van der Waals surface area contributed by atoms with Crippen LogP contribution in [0.5, 0.6) is 0 Å². The molecule has 1 heterocycles. The van der Waals surface area contributed by atoms with Crippen LogP contribution in [0.2, 0.25) is 0 Å². The molecular weight excluding hydrogens is 178 g/mol. The third-order valence-electron chi connectivity index (χ3n) is 2.75. The summed E-state index contributed by atoms with van der Waals surface area (Å²) in [5, 5.41) is 3.19. The van der Waals surface area contributed by atoms with Crippen molar-refractivity contribution in [3.63, 3.8) is 0 Å². The van der Waals surface area contributed by atoms with Crippen LogP contribution < -0.4 is 11.1 Å². The minimum Gasteiger partial charge on any atom is -0.369 e. The van der Waals surface area contributed by atoms with Crippen LogP contribution >= 0.6 is 0 Å². The minimum atomic E-state index is -0.272. The van der Waals surface area contributed by atoms with E-state index in [1.807, 2.05) is 0 Å². The summed E-state index contributed by atoms with van der Waals surface area (Å²) in [5.74, 6) is -0.272. The van der Waals surface area contributed by atoms with Crippen LogP contribution in [0.15, 0.2) is 0 Å². The van der Waals surface area contributed by atoms with Gasteiger partial charge in [0.25, 0.3) is 0 Å². The van der Waals surface area contributed by atoms with Crippen molar-refractivity contribution in [1.29, 1.82) is 0 Å². The molecule has 4 nitrogen and oxygen atoms in total. The number of primary amides is 1. The third-order valence-corrected chi connectivity index (χ3v) is 2.75. The molecule has 0 bridgehead atoms. The molecule has 4 heteroatoms. The number of carbonyl (C=O) groups is 1. The summed E-state index contributed by atoms with van der Waals surface area (Å²) in [6.07, 6.45) is 2.35. The summed E-state index contributed by atoms with van der Waals surface area (Å²) < 4.78 is 0. The van der Waals surface area contributed by atoms with Crippen LogP contribution in [-0.4, -0.2) is 42.5 Å². The average Bonchev–Trinajstić information content (AvgIpc) is 2.15. The summed E-state index contributed by atoms with van der Waals surface area (Å²) in [6.45, 7) is 6.92. The topological polar surface area (TPSA) is 58.4 Å². The largest absolute Gasteiger partial charge is 0.369 e. The van der Waals surface area contributed by atoms with Gasteiger partial charge in [-0.3, -0.25) is 9.69 Å². The number of nitrogens with one attached hydrogen (secondary N) is 1. The van der Waals surface area contributed by atoms with E-state index in [0.717, 1.165) is 13.0 Å². The molecule has 0 radical (unpaired) electrons. The Hall–Kier alpha value is -0.610. The van der Waals surface area contributed by atoms with E-state index in [-0.39, 0.29) is 5.91 Å². The monoisotopic (exact) mass is 199 g/mol. The van der Waals surface area contributed by atoms with Crippen LogP contribution in [-0.2, 0) is 4.79 Å². The van der Waals surface area contributed by atoms with Crippen molar-refractivity contribution in [2.45, 2.75) is 38.8 Å². The molecule has 0 aromatic heterocycles. The van der Waals surface area contributed by atoms with Crippen molar-refractivity contribution >= 4 is 5.91 Å². The van der Waals surface area contributed by atoms with Gasteiger partial charge in [0.1, 0.15) is 0 Å². The van der Waals surface area contributed by atoms with E-state index in [2.05, 4.69) is 24.1 Å². The highest BCUT2D eigenvalue weighted by Gasteiger charge is 2.21. The quantitative estimate of drug-likeness (QED) is 0.666. The maximum absolute atomic E-state index is 10.6. The number of piperidine rings is 1. The number of hydrogen-bond acceptors (Lipinski definition) is 3. The lowest BCUT2D eigenvalue weighted by molar-refractivity contribution is -0.117. The van der Waals surface area contributed by atoms with Crippen molar-refractivity contribution < 1.29 is 4.79 Å². The Morgan fingerprint density at radius 2 is 2.36 bits per heavy atom. The number of hydrogen-bond donors (Lipinski definition) is 2. The lowest BCUT2D eigenvalue weighted by atomic mass is 10.0. The van der Waals surface area contributed by atoms with E-state index >= 15 is 0 Å². The fourth-order valence-corrected chi connectivity index (χ4v) is 1.89. The lowest BCUT2D eigenvalue weighted by Gasteiger charge is -2.35. The molecule has 0 aromatic carbocycles. The summed E-state index contributed by atoms with van der Waals surface area (Å²) in [4.78, 5) is 13.0. The second kappa shape index (κ2) is 5.32. The lowest BCUT2D eigenvalue weighted by Crippen LogP contribution is -2.49. The summed E-state index contributed by atoms with van der Waals surface area (Å²) in [5.41, 5.74) is 5.09. The molecule has 0 spiro atoms. The van der Waals surface area contributed by atoms with Crippen molar-refractivity contribution in [2.24, 2.45) is 5.73 Å². The van der Waals surface area contributed by atoms with Crippen LogP contribution in [0.25, 0.3) is 0 Å². The van der Waals surface area contributed by atoms with E-state index in [4.69, 9.17) is 5.73 Å². The van der Waals surface area contributed by atoms with Gasteiger partial charge in [0.2, 0.25) is 5.91 Å². The second-order valence-corrected chi connectivity index (χ2v) is 4.28. The van der Waals surface area contributed by atoms with Crippen molar-refractivity contribution in [1.82, 2.24) is 10.2 Å². The Balaban J connectivity index is 2.29. The molecule has 82 valence electrons. The molecule has 3 N–H and O–H groups in total. The first-order valence-electron chi connectivity index (χ1n) is 5.35. The molecule has 14 heavy (non-hydrogen) atoms. The van der Waals surface area contributed by atoms with Gasteiger partial charge in [-0.2, -0.15) is 0 Å². The zero-order chi connectivity index (χ0) is 10.6. The Bertz CT molecular complexity index is 194. The van der Waals surface area contributed by atoms with E-state index < -0.39 is 0 Å². The maximum atomic E-state index is 10.6. The SMILES string of the molecule is CC(C)N1CCCC(NCC(N)=O)C1. The molecule has 1 atom stereocenters. The fraction of sp³-hybridized carbons (Fsp3) is 0.900. The van der Waals surface area contributed by atoms with E-state index in [1.165, 1.54) is 13.0 Å². The molecule has 1 saturated heterocycles. The standard InChI is InChI=1S/C10H21N3O/c1-8(2)13-5-3-4-9(7-13)12-6-10(11)14/h8-9,12H,3-7H2,1-2H3,(H2,11,14). The zero-order valence-electron chi connectivity index (χ0n) is 9.12. The summed E-state index contributed by atoms with van der Waals surface area (Å²) in [6, 6.07) is 1.02. The third kappa shape index (κ3) is 3.64. The van der Waals surface area contributed by atoms with Gasteiger partial charge < -0.3 is 11.1 Å². The predicted molar refractivity (Wildman–Crippen MR) is 56.9 cm³/mol. The molecule has 1 fully saturated rings. The smallest absolute Gasteiger partial charge is 0.231 e. The van der Waals surface area contributed by atoms with Gasteiger partial charge in [-0.25, -0.2) is 0 Å². The first kappa shape index (κ1) is 11.5. The minimum absolute atomic E-state index is 0.272. The molecule has 0 aliphatic carbocycles. The molecule has 1 aliphatic heterocycles. The van der Waals surface area contributed by atoms with Gasteiger partial charge in [0.15, 0.2) is 0 Å². The van der Waals surface area contributed by atoms with Crippen molar-refractivity contribution in [3.8, 4) is 0 Å². The highest BCUT2D eigenvalue weighted by atomic mass is 16.1. The van der Waals surface area contributed by atoms with Gasteiger partial charge in [-0.15, -0.1) is 0 Å². The Labute approximate surface area is 85.8 Å². The van der Waals surface area contributed by atoms with Crippen LogP contribution in [0, 0.1) is 0 Å². The number of nitrogens with two attached hydrogens (primary N) is 1. The molecule has 0 aromatic rings. The maximum Gasteiger partial charge on any atom is 0.231 e. The van der Waals surface area contributed by atoms with Gasteiger partial charge in [0, 0.05) is 18.6 Å². The zero-order valence-corrected chi connectivity index (χ0v) is 9.12. The highest BCUT2D eigenvalue weighted by molar-refractivity contribution is 5.75. The van der Waals surface area contributed by atoms with E-state index in [1.54, 1.807) is 0 Å². The molecule has 1 unspecified atom stereocenters. The molecule has 0 saturated carbocycles. The molecular formula is C10H21N3O. The first-order chi connectivity index (χ1) is 6.59. The van der Waals surface area contributed by atoms with Gasteiger partial charge in [0.05, 0.1) is 6.54 Å². The number of nitrogens with zero attached hydrogens (tertiary/aromatic N) is 1. The average molecular weight is 199 g/mol. The van der Waals surface area contributed by atoms with Gasteiger partial charge >= 0.3 is 0 Å². The molecule has 1 amide bonds.